The fraction of sp³-hybridized carbons (Fsp3) is 0.435. The Labute approximate surface area is 183 Å². The lowest BCUT2D eigenvalue weighted by Crippen LogP contribution is -2.40. The molecule has 5 nitrogen and oxygen atoms in total. The van der Waals surface area contributed by atoms with Gasteiger partial charge in [-0.1, -0.05) is 24.3 Å². The van der Waals surface area contributed by atoms with E-state index >= 15 is 0 Å². The van der Waals surface area contributed by atoms with Crippen LogP contribution in [-0.2, 0) is 6.54 Å². The van der Waals surface area contributed by atoms with Crippen LogP contribution in [0.1, 0.15) is 31.2 Å². The summed E-state index contributed by atoms with van der Waals surface area (Å²) in [4.78, 5) is 7.39. The third kappa shape index (κ3) is 5.50. The molecule has 1 aliphatic heterocycles. The van der Waals surface area contributed by atoms with Gasteiger partial charge in [-0.2, -0.15) is 0 Å². The molecule has 30 heavy (non-hydrogen) atoms. The van der Waals surface area contributed by atoms with Crippen LogP contribution in [0.25, 0.3) is 11.0 Å². The molecule has 0 spiro atoms. The largest absolute Gasteiger partial charge is 0.353 e. The number of hydrogen-bond acceptors (Lipinski definition) is 4. The molecule has 0 radical (unpaired) electrons. The smallest absolute Gasteiger partial charge is 0.204 e. The molecule has 162 valence electrons. The highest BCUT2D eigenvalue weighted by Gasteiger charge is 2.21. The van der Waals surface area contributed by atoms with Gasteiger partial charge < -0.3 is 20.5 Å². The lowest BCUT2D eigenvalue weighted by Gasteiger charge is -2.32. The van der Waals surface area contributed by atoms with Crippen molar-refractivity contribution in [2.75, 3.05) is 31.5 Å². The Bertz CT molecular complexity index is 919. The van der Waals surface area contributed by atoms with E-state index in [0.717, 1.165) is 68.0 Å². The Morgan fingerprint density at radius 1 is 1.03 bits per heavy atom. The first-order valence-electron chi connectivity index (χ1n) is 10.6. The number of hydrogen-bond donors (Lipinski definition) is 2. The first kappa shape index (κ1) is 22.5. The van der Waals surface area contributed by atoms with Crippen LogP contribution in [0, 0.1) is 5.82 Å². The number of para-hydroxylation sites is 2. The second-order valence-electron chi connectivity index (χ2n) is 7.89. The number of fused-ring (bicyclic) bond motifs is 1. The van der Waals surface area contributed by atoms with E-state index in [1.54, 1.807) is 0 Å². The zero-order valence-corrected chi connectivity index (χ0v) is 18.1. The molecule has 0 aliphatic carbocycles. The number of nitrogens with one attached hydrogen (secondary N) is 1. The van der Waals surface area contributed by atoms with Gasteiger partial charge in [0.05, 0.1) is 17.6 Å². The van der Waals surface area contributed by atoms with Gasteiger partial charge in [0.1, 0.15) is 5.82 Å². The molecule has 3 N–H and O–H groups in total. The van der Waals surface area contributed by atoms with Gasteiger partial charge in [-0.3, -0.25) is 0 Å². The van der Waals surface area contributed by atoms with Crippen LogP contribution in [0.5, 0.6) is 0 Å². The quantitative estimate of drug-likeness (QED) is 0.523. The number of aromatic nitrogens is 2. The zero-order valence-electron chi connectivity index (χ0n) is 17.3. The van der Waals surface area contributed by atoms with E-state index in [1.165, 1.54) is 18.6 Å². The summed E-state index contributed by atoms with van der Waals surface area (Å²) in [6, 6.07) is 15.3. The fourth-order valence-corrected chi connectivity index (χ4v) is 4.08. The topological polar surface area (TPSA) is 59.1 Å². The number of nitrogens with two attached hydrogens (primary N) is 1. The highest BCUT2D eigenvalue weighted by molar-refractivity contribution is 5.85. The lowest BCUT2D eigenvalue weighted by molar-refractivity contribution is 0.215. The first-order chi connectivity index (χ1) is 14.2. The number of nitrogens with zero attached hydrogens (tertiary/aromatic N) is 3. The van der Waals surface area contributed by atoms with E-state index in [1.807, 2.05) is 30.3 Å². The molecular weight excluding hydrogens is 401 g/mol. The summed E-state index contributed by atoms with van der Waals surface area (Å²) in [6.07, 6.45) is 4.51. The zero-order chi connectivity index (χ0) is 20.1. The Balaban J connectivity index is 0.00000256. The van der Waals surface area contributed by atoms with Gasteiger partial charge in [-0.15, -0.1) is 12.4 Å². The molecule has 1 aliphatic rings. The maximum Gasteiger partial charge on any atom is 0.204 e. The number of piperidine rings is 1. The molecule has 2 heterocycles. The van der Waals surface area contributed by atoms with Crippen molar-refractivity contribution < 1.29 is 4.39 Å². The molecule has 1 saturated heterocycles. The number of rotatable bonds is 8. The number of anilines is 1. The maximum absolute atomic E-state index is 13.3. The van der Waals surface area contributed by atoms with Crippen LogP contribution in [0.2, 0.25) is 0 Å². The van der Waals surface area contributed by atoms with Crippen molar-refractivity contribution in [3.05, 3.63) is 59.9 Å². The highest BCUT2D eigenvalue weighted by atomic mass is 35.5. The van der Waals surface area contributed by atoms with Gasteiger partial charge in [0.15, 0.2) is 0 Å². The van der Waals surface area contributed by atoms with Gasteiger partial charge in [0.25, 0.3) is 0 Å². The minimum atomic E-state index is -0.208. The van der Waals surface area contributed by atoms with Gasteiger partial charge in [-0.25, -0.2) is 9.37 Å². The molecule has 1 fully saturated rings. The average Bonchev–Trinajstić information content (AvgIpc) is 3.08. The molecule has 0 atom stereocenters. The Morgan fingerprint density at radius 3 is 2.50 bits per heavy atom. The Hall–Kier alpha value is -2.15. The second-order valence-corrected chi connectivity index (χ2v) is 7.89. The molecule has 2 aromatic carbocycles. The normalized spacial score (nSPS) is 15.3. The third-order valence-electron chi connectivity index (χ3n) is 5.76. The summed E-state index contributed by atoms with van der Waals surface area (Å²) in [5.74, 6) is 0.693. The molecule has 7 heteroatoms. The van der Waals surface area contributed by atoms with Crippen LogP contribution >= 0.6 is 12.4 Å². The van der Waals surface area contributed by atoms with Crippen LogP contribution in [-0.4, -0.2) is 46.7 Å². The van der Waals surface area contributed by atoms with Gasteiger partial charge in [0, 0.05) is 19.1 Å². The minimum Gasteiger partial charge on any atom is -0.353 e. The van der Waals surface area contributed by atoms with E-state index in [4.69, 9.17) is 10.7 Å². The summed E-state index contributed by atoms with van der Waals surface area (Å²) in [5.41, 5.74) is 8.75. The van der Waals surface area contributed by atoms with Crippen molar-refractivity contribution >= 4 is 29.4 Å². The highest BCUT2D eigenvalue weighted by Crippen LogP contribution is 2.24. The molecule has 4 rings (SSSR count). The first-order valence-corrected chi connectivity index (χ1v) is 10.6. The molecule has 0 saturated carbocycles. The van der Waals surface area contributed by atoms with E-state index < -0.39 is 0 Å². The number of unbranched alkanes of at least 4 members (excludes halogenated alkanes) is 1. The van der Waals surface area contributed by atoms with Crippen LogP contribution in [0.4, 0.5) is 10.3 Å². The van der Waals surface area contributed by atoms with Crippen LogP contribution in [0.15, 0.2) is 48.5 Å². The number of halogens is 2. The number of benzene rings is 2. The monoisotopic (exact) mass is 431 g/mol. The number of imidazole rings is 1. The van der Waals surface area contributed by atoms with Crippen molar-refractivity contribution in [3.8, 4) is 0 Å². The predicted molar refractivity (Wildman–Crippen MR) is 124 cm³/mol. The molecular formula is C23H31ClFN5. The summed E-state index contributed by atoms with van der Waals surface area (Å²) in [6.45, 7) is 4.82. The maximum atomic E-state index is 13.3. The summed E-state index contributed by atoms with van der Waals surface area (Å²) in [7, 11) is 0. The van der Waals surface area contributed by atoms with E-state index in [2.05, 4.69) is 20.9 Å². The van der Waals surface area contributed by atoms with E-state index in [9.17, 15) is 4.39 Å². The standard InChI is InChI=1S/C23H30FN5.ClH/c24-19-9-7-18(8-10-19)17-29-22-6-2-1-5-21(22)27-23(29)26-20-11-15-28(16-12-20)14-4-3-13-25;/h1-2,5-10,20H,3-4,11-17,25H2,(H,26,27);1H. The third-order valence-corrected chi connectivity index (χ3v) is 5.76. The minimum absolute atomic E-state index is 0. The second kappa shape index (κ2) is 10.8. The molecule has 0 unspecified atom stereocenters. The van der Waals surface area contributed by atoms with Crippen molar-refractivity contribution in [2.24, 2.45) is 5.73 Å². The summed E-state index contributed by atoms with van der Waals surface area (Å²) >= 11 is 0. The Kier molecular flexibility index (Phi) is 8.08. The molecule has 0 bridgehead atoms. The fourth-order valence-electron chi connectivity index (χ4n) is 4.08. The molecule has 0 amide bonds. The van der Waals surface area contributed by atoms with Crippen molar-refractivity contribution in [2.45, 2.75) is 38.3 Å². The molecule has 1 aromatic heterocycles. The average molecular weight is 432 g/mol. The number of likely N-dealkylation sites (tertiary alicyclic amines) is 1. The van der Waals surface area contributed by atoms with Crippen LogP contribution in [0.3, 0.4) is 0 Å². The lowest BCUT2D eigenvalue weighted by atomic mass is 10.0. The van der Waals surface area contributed by atoms with Crippen LogP contribution < -0.4 is 11.1 Å². The SMILES string of the molecule is Cl.NCCCCN1CCC(Nc2nc3ccccc3n2Cc2ccc(F)cc2)CC1. The van der Waals surface area contributed by atoms with E-state index in [0.29, 0.717) is 12.6 Å². The van der Waals surface area contributed by atoms with Crippen molar-refractivity contribution in [1.82, 2.24) is 14.5 Å². The summed E-state index contributed by atoms with van der Waals surface area (Å²) in [5, 5.41) is 3.69. The van der Waals surface area contributed by atoms with Gasteiger partial charge in [0.2, 0.25) is 5.95 Å². The predicted octanol–water partition coefficient (Wildman–Crippen LogP) is 4.26. The van der Waals surface area contributed by atoms with Crippen molar-refractivity contribution in [1.29, 1.82) is 0 Å². The van der Waals surface area contributed by atoms with Crippen molar-refractivity contribution in [3.63, 3.8) is 0 Å². The molecule has 3 aromatic rings. The Morgan fingerprint density at radius 2 is 1.77 bits per heavy atom. The van der Waals surface area contributed by atoms with Gasteiger partial charge >= 0.3 is 0 Å². The summed E-state index contributed by atoms with van der Waals surface area (Å²) < 4.78 is 15.5. The van der Waals surface area contributed by atoms with E-state index in [-0.39, 0.29) is 18.2 Å². The van der Waals surface area contributed by atoms with Gasteiger partial charge in [-0.05, 0) is 68.6 Å².